The quantitative estimate of drug-likeness (QED) is 0.619. The Labute approximate surface area is 194 Å². The number of nitrogens with zero attached hydrogens (tertiary/aromatic N) is 3. The summed E-state index contributed by atoms with van der Waals surface area (Å²) in [7, 11) is 1.80. The molecule has 174 valence electrons. The van der Waals surface area contributed by atoms with Gasteiger partial charge >= 0.3 is 0 Å². The average molecular weight is 449 g/mol. The standard InChI is InChI=1S/C26H32N4O3/c1-19-16-23(29(2)28-19)25(31)27-17-21-9-10-26(33-21)11-13-30(14-12-26)18-20-6-3-4-7-22(20)24-8-5-15-32-24/h3-8,15-16,21H,9-14,17-18H2,1-2H3,(H,27,31). The molecule has 1 atom stereocenters. The fraction of sp³-hybridized carbons (Fsp3) is 0.462. The molecular formula is C26H32N4O3. The maximum Gasteiger partial charge on any atom is 0.269 e. The molecule has 4 heterocycles. The van der Waals surface area contributed by atoms with Crippen molar-refractivity contribution in [1.82, 2.24) is 20.0 Å². The Kier molecular flexibility index (Phi) is 6.08. The van der Waals surface area contributed by atoms with Crippen LogP contribution in [0.25, 0.3) is 11.3 Å². The number of benzene rings is 1. The summed E-state index contributed by atoms with van der Waals surface area (Å²) < 4.78 is 13.8. The Morgan fingerprint density at radius 3 is 2.73 bits per heavy atom. The van der Waals surface area contributed by atoms with Crippen molar-refractivity contribution in [3.63, 3.8) is 0 Å². The van der Waals surface area contributed by atoms with E-state index in [2.05, 4.69) is 39.6 Å². The van der Waals surface area contributed by atoms with Crippen molar-refractivity contribution in [1.29, 1.82) is 0 Å². The Bertz CT molecular complexity index is 1100. The number of ether oxygens (including phenoxy) is 1. The zero-order valence-electron chi connectivity index (χ0n) is 19.4. The normalized spacial score (nSPS) is 20.4. The zero-order valence-corrected chi connectivity index (χ0v) is 19.4. The Hall–Kier alpha value is -2.90. The van der Waals surface area contributed by atoms with Crippen LogP contribution < -0.4 is 5.32 Å². The van der Waals surface area contributed by atoms with Crippen LogP contribution in [0.1, 0.15) is 47.4 Å². The predicted molar refractivity (Wildman–Crippen MR) is 126 cm³/mol. The van der Waals surface area contributed by atoms with Crippen molar-refractivity contribution in [2.45, 2.75) is 50.9 Å². The maximum absolute atomic E-state index is 12.5. The largest absolute Gasteiger partial charge is 0.464 e. The molecule has 2 aromatic heterocycles. The minimum atomic E-state index is -0.0901. The molecule has 1 unspecified atom stereocenters. The van der Waals surface area contributed by atoms with Gasteiger partial charge < -0.3 is 14.5 Å². The molecular weight excluding hydrogens is 416 g/mol. The Morgan fingerprint density at radius 1 is 1.18 bits per heavy atom. The van der Waals surface area contributed by atoms with Gasteiger partial charge in [-0.1, -0.05) is 24.3 Å². The molecule has 1 N–H and O–H groups in total. The fourth-order valence-electron chi connectivity index (χ4n) is 5.22. The van der Waals surface area contributed by atoms with Crippen LogP contribution >= 0.6 is 0 Å². The summed E-state index contributed by atoms with van der Waals surface area (Å²) in [6.07, 6.45) is 5.92. The molecule has 3 aromatic rings. The second-order valence-corrected chi connectivity index (χ2v) is 9.38. The summed E-state index contributed by atoms with van der Waals surface area (Å²) in [6.45, 7) is 5.38. The molecule has 0 aliphatic carbocycles. The first kappa shape index (κ1) is 21.9. The lowest BCUT2D eigenvalue weighted by molar-refractivity contribution is -0.0764. The van der Waals surface area contributed by atoms with E-state index in [-0.39, 0.29) is 17.6 Å². The fourth-order valence-corrected chi connectivity index (χ4v) is 5.22. The molecule has 7 heteroatoms. The van der Waals surface area contributed by atoms with Gasteiger partial charge in [-0.2, -0.15) is 5.10 Å². The minimum absolute atomic E-state index is 0.0461. The van der Waals surface area contributed by atoms with E-state index in [0.717, 1.165) is 56.8 Å². The van der Waals surface area contributed by atoms with Crippen LogP contribution in [-0.4, -0.2) is 51.9 Å². The van der Waals surface area contributed by atoms with Gasteiger partial charge in [0.1, 0.15) is 11.5 Å². The van der Waals surface area contributed by atoms with Crippen LogP contribution in [0.5, 0.6) is 0 Å². The van der Waals surface area contributed by atoms with Crippen LogP contribution in [0.3, 0.4) is 0 Å². The first-order valence-electron chi connectivity index (χ1n) is 11.8. The summed E-state index contributed by atoms with van der Waals surface area (Å²) in [6, 6.07) is 14.2. The second kappa shape index (κ2) is 9.15. The molecule has 0 saturated carbocycles. The average Bonchev–Trinajstić information content (AvgIpc) is 3.55. The molecule has 2 fully saturated rings. The number of carbonyl (C=O) groups excluding carboxylic acids is 1. The highest BCUT2D eigenvalue weighted by molar-refractivity contribution is 5.92. The van der Waals surface area contributed by atoms with Crippen LogP contribution in [-0.2, 0) is 18.3 Å². The lowest BCUT2D eigenvalue weighted by atomic mass is 9.88. The molecule has 0 bridgehead atoms. The second-order valence-electron chi connectivity index (χ2n) is 9.38. The van der Waals surface area contributed by atoms with Gasteiger partial charge in [0, 0.05) is 38.8 Å². The molecule has 7 nitrogen and oxygen atoms in total. The smallest absolute Gasteiger partial charge is 0.269 e. The molecule has 1 spiro atoms. The van der Waals surface area contributed by atoms with Gasteiger partial charge in [-0.25, -0.2) is 0 Å². The lowest BCUT2D eigenvalue weighted by Crippen LogP contribution is -2.45. The molecule has 1 aromatic carbocycles. The Morgan fingerprint density at radius 2 is 2.00 bits per heavy atom. The number of aryl methyl sites for hydroxylation is 2. The molecule has 2 aliphatic rings. The number of carbonyl (C=O) groups is 1. The summed E-state index contributed by atoms with van der Waals surface area (Å²) in [5, 5.41) is 7.29. The highest BCUT2D eigenvalue weighted by Crippen LogP contribution is 2.39. The van der Waals surface area contributed by atoms with Crippen molar-refractivity contribution in [3.05, 3.63) is 65.7 Å². The van der Waals surface area contributed by atoms with E-state index in [1.807, 2.05) is 25.1 Å². The summed E-state index contributed by atoms with van der Waals surface area (Å²) in [4.78, 5) is 15.0. The van der Waals surface area contributed by atoms with Crippen molar-refractivity contribution >= 4 is 5.91 Å². The first-order valence-corrected chi connectivity index (χ1v) is 11.8. The van der Waals surface area contributed by atoms with E-state index in [4.69, 9.17) is 9.15 Å². The molecule has 1 amide bonds. The number of amides is 1. The van der Waals surface area contributed by atoms with Gasteiger partial charge in [0.2, 0.25) is 0 Å². The van der Waals surface area contributed by atoms with E-state index < -0.39 is 0 Å². The molecule has 5 rings (SSSR count). The topological polar surface area (TPSA) is 72.5 Å². The van der Waals surface area contributed by atoms with Crippen LogP contribution in [0, 0.1) is 6.92 Å². The molecule has 0 radical (unpaired) electrons. The summed E-state index contributed by atoms with van der Waals surface area (Å²) >= 11 is 0. The summed E-state index contributed by atoms with van der Waals surface area (Å²) in [5.74, 6) is 0.831. The van der Waals surface area contributed by atoms with Gasteiger partial charge in [-0.3, -0.25) is 14.4 Å². The number of hydrogen-bond acceptors (Lipinski definition) is 5. The number of hydrogen-bond donors (Lipinski definition) is 1. The third kappa shape index (κ3) is 4.75. The SMILES string of the molecule is Cc1cc(C(=O)NCC2CCC3(CCN(Cc4ccccc4-c4ccco4)CC3)O2)n(C)n1. The third-order valence-electron chi connectivity index (χ3n) is 7.03. The molecule has 33 heavy (non-hydrogen) atoms. The third-order valence-corrected chi connectivity index (χ3v) is 7.03. The number of nitrogens with one attached hydrogen (secondary N) is 1. The van der Waals surface area contributed by atoms with Gasteiger partial charge in [-0.05, 0) is 56.4 Å². The highest BCUT2D eigenvalue weighted by Gasteiger charge is 2.42. The molecule has 2 aliphatic heterocycles. The van der Waals surface area contributed by atoms with E-state index in [1.54, 1.807) is 18.0 Å². The number of aromatic nitrogens is 2. The zero-order chi connectivity index (χ0) is 22.8. The van der Waals surface area contributed by atoms with Crippen molar-refractivity contribution in [3.8, 4) is 11.3 Å². The minimum Gasteiger partial charge on any atom is -0.464 e. The van der Waals surface area contributed by atoms with Crippen molar-refractivity contribution < 1.29 is 13.9 Å². The van der Waals surface area contributed by atoms with E-state index in [9.17, 15) is 4.79 Å². The number of piperidine rings is 1. The van der Waals surface area contributed by atoms with Crippen LogP contribution in [0.15, 0.2) is 53.1 Å². The van der Waals surface area contributed by atoms with E-state index >= 15 is 0 Å². The number of furan rings is 1. The van der Waals surface area contributed by atoms with Gasteiger partial charge in [0.15, 0.2) is 0 Å². The van der Waals surface area contributed by atoms with Gasteiger partial charge in [0.25, 0.3) is 5.91 Å². The summed E-state index contributed by atoms with van der Waals surface area (Å²) in [5.41, 5.74) is 3.84. The van der Waals surface area contributed by atoms with Crippen molar-refractivity contribution in [2.75, 3.05) is 19.6 Å². The van der Waals surface area contributed by atoms with E-state index in [1.165, 1.54) is 11.1 Å². The number of rotatable bonds is 6. The number of likely N-dealkylation sites (tertiary alicyclic amines) is 1. The monoisotopic (exact) mass is 448 g/mol. The first-order chi connectivity index (χ1) is 16.0. The highest BCUT2D eigenvalue weighted by atomic mass is 16.5. The van der Waals surface area contributed by atoms with Crippen LogP contribution in [0.2, 0.25) is 0 Å². The lowest BCUT2D eigenvalue weighted by Gasteiger charge is -2.39. The van der Waals surface area contributed by atoms with Gasteiger partial charge in [0.05, 0.1) is 23.7 Å². The van der Waals surface area contributed by atoms with Gasteiger partial charge in [-0.15, -0.1) is 0 Å². The Balaban J connectivity index is 1.13. The molecule has 2 saturated heterocycles. The van der Waals surface area contributed by atoms with E-state index in [0.29, 0.717) is 12.2 Å². The van der Waals surface area contributed by atoms with Crippen molar-refractivity contribution in [2.24, 2.45) is 7.05 Å². The van der Waals surface area contributed by atoms with Crippen LogP contribution in [0.4, 0.5) is 0 Å². The maximum atomic E-state index is 12.5. The predicted octanol–water partition coefficient (Wildman–Crippen LogP) is 3.93.